The van der Waals surface area contributed by atoms with Crippen LogP contribution in [-0.4, -0.2) is 46.6 Å². The highest BCUT2D eigenvalue weighted by Gasteiger charge is 2.28. The average Bonchev–Trinajstić information content (AvgIpc) is 3.09. The summed E-state index contributed by atoms with van der Waals surface area (Å²) in [7, 11) is 0. The Balaban J connectivity index is 1.48. The van der Waals surface area contributed by atoms with Crippen molar-refractivity contribution in [2.24, 2.45) is 0 Å². The number of hydrogen-bond acceptors (Lipinski definition) is 5. The van der Waals surface area contributed by atoms with Gasteiger partial charge in [0.05, 0.1) is 16.6 Å². The Morgan fingerprint density at radius 1 is 1.23 bits per heavy atom. The third-order valence-electron chi connectivity index (χ3n) is 5.58. The molecule has 158 valence electrons. The number of fused-ring (bicyclic) bond motifs is 1. The van der Waals surface area contributed by atoms with Gasteiger partial charge in [-0.05, 0) is 42.7 Å². The molecule has 1 aliphatic heterocycles. The van der Waals surface area contributed by atoms with Crippen molar-refractivity contribution in [1.82, 2.24) is 9.88 Å². The van der Waals surface area contributed by atoms with Gasteiger partial charge in [0.25, 0.3) is 0 Å². The highest BCUT2D eigenvalue weighted by atomic mass is 35.5. The maximum atomic E-state index is 11.1. The monoisotopic (exact) mass is 443 g/mol. The van der Waals surface area contributed by atoms with Gasteiger partial charge in [0.15, 0.2) is 5.13 Å². The number of carbonyl (C=O) groups is 1. The van der Waals surface area contributed by atoms with Gasteiger partial charge < -0.3 is 10.0 Å². The number of aromatic nitrogens is 1. The van der Waals surface area contributed by atoms with Gasteiger partial charge in [-0.3, -0.25) is 9.69 Å². The van der Waals surface area contributed by atoms with Crippen LogP contribution in [0.15, 0.2) is 36.4 Å². The summed E-state index contributed by atoms with van der Waals surface area (Å²) in [5.41, 5.74) is 4.17. The topological polar surface area (TPSA) is 56.7 Å². The highest BCUT2D eigenvalue weighted by Crippen LogP contribution is 2.33. The van der Waals surface area contributed by atoms with Crippen molar-refractivity contribution in [2.75, 3.05) is 24.5 Å². The number of anilines is 1. The van der Waals surface area contributed by atoms with Crippen LogP contribution in [0.4, 0.5) is 5.13 Å². The Morgan fingerprint density at radius 2 is 2.03 bits per heavy atom. The van der Waals surface area contributed by atoms with Gasteiger partial charge in [0, 0.05) is 37.2 Å². The van der Waals surface area contributed by atoms with Crippen LogP contribution in [0, 0.1) is 6.92 Å². The number of thiazole rings is 1. The quantitative estimate of drug-likeness (QED) is 0.581. The molecule has 30 heavy (non-hydrogen) atoms. The third kappa shape index (κ3) is 4.77. The Kier molecular flexibility index (Phi) is 6.27. The van der Waals surface area contributed by atoms with Crippen molar-refractivity contribution in [2.45, 2.75) is 39.3 Å². The zero-order valence-corrected chi connectivity index (χ0v) is 18.8. The molecule has 2 heterocycles. The summed E-state index contributed by atoms with van der Waals surface area (Å²) in [6, 6.07) is 12.4. The lowest BCUT2D eigenvalue weighted by atomic mass is 10.0. The minimum Gasteiger partial charge on any atom is -0.481 e. The molecule has 1 N–H and O–H groups in total. The van der Waals surface area contributed by atoms with E-state index in [1.165, 1.54) is 5.56 Å². The molecular formula is C23H26ClN3O2S. The second kappa shape index (κ2) is 8.92. The van der Waals surface area contributed by atoms with Gasteiger partial charge in [-0.25, -0.2) is 4.98 Å². The normalized spacial score (nSPS) is 17.6. The van der Waals surface area contributed by atoms with Crippen LogP contribution in [0.3, 0.4) is 0 Å². The second-order valence-corrected chi connectivity index (χ2v) is 9.44. The van der Waals surface area contributed by atoms with Crippen molar-refractivity contribution in [3.63, 3.8) is 0 Å². The molecule has 5 nitrogen and oxygen atoms in total. The molecule has 1 aliphatic rings. The van der Waals surface area contributed by atoms with Gasteiger partial charge in [0.2, 0.25) is 0 Å². The number of aryl methyl sites for hydroxylation is 1. The van der Waals surface area contributed by atoms with Crippen LogP contribution < -0.4 is 4.90 Å². The molecule has 1 aromatic heterocycles. The Bertz CT molecular complexity index is 1070. The zero-order chi connectivity index (χ0) is 21.3. The SMILES string of the molecule is CC[C@@H]1CN(Cc2cc(C)cc(CC(=O)O)c2)CCN1c1nc2ccc(Cl)cc2s1. The van der Waals surface area contributed by atoms with Gasteiger partial charge in [-0.2, -0.15) is 0 Å². The van der Waals surface area contributed by atoms with Crippen molar-refractivity contribution in [1.29, 1.82) is 0 Å². The molecule has 1 atom stereocenters. The van der Waals surface area contributed by atoms with E-state index in [1.54, 1.807) is 11.3 Å². The first-order chi connectivity index (χ1) is 14.4. The molecule has 0 aliphatic carbocycles. The summed E-state index contributed by atoms with van der Waals surface area (Å²) >= 11 is 7.85. The standard InChI is InChI=1S/C23H26ClN3O2S/c1-3-19-14-26(13-17-9-15(2)8-16(10-17)11-22(28)29)6-7-27(19)23-25-20-5-4-18(24)12-21(20)30-23/h4-5,8-10,12,19H,3,6-7,11,13-14H2,1-2H3,(H,28,29)/t19-/m1/s1. The van der Waals surface area contributed by atoms with E-state index in [0.717, 1.165) is 64.1 Å². The number of nitrogens with zero attached hydrogens (tertiary/aromatic N) is 3. The maximum Gasteiger partial charge on any atom is 0.307 e. The largest absolute Gasteiger partial charge is 0.481 e. The lowest BCUT2D eigenvalue weighted by molar-refractivity contribution is -0.136. The first-order valence-electron chi connectivity index (χ1n) is 10.3. The number of halogens is 1. The number of benzene rings is 2. The highest BCUT2D eigenvalue weighted by molar-refractivity contribution is 7.22. The fourth-order valence-electron chi connectivity index (χ4n) is 4.25. The summed E-state index contributed by atoms with van der Waals surface area (Å²) in [6.45, 7) is 7.95. The van der Waals surface area contributed by atoms with E-state index in [0.29, 0.717) is 6.04 Å². The van der Waals surface area contributed by atoms with Crippen molar-refractivity contribution >= 4 is 44.3 Å². The minimum absolute atomic E-state index is 0.0711. The second-order valence-electron chi connectivity index (χ2n) is 8.00. The molecule has 2 aromatic carbocycles. The fraction of sp³-hybridized carbons (Fsp3) is 0.391. The molecule has 1 saturated heterocycles. The number of rotatable bonds is 6. The molecule has 0 spiro atoms. The molecule has 1 fully saturated rings. The van der Waals surface area contributed by atoms with E-state index in [2.05, 4.69) is 22.8 Å². The predicted octanol–water partition coefficient (Wildman–Crippen LogP) is 4.99. The summed E-state index contributed by atoms with van der Waals surface area (Å²) in [6.07, 6.45) is 1.12. The molecule has 7 heteroatoms. The first-order valence-corrected chi connectivity index (χ1v) is 11.5. The van der Waals surface area contributed by atoms with Crippen molar-refractivity contribution < 1.29 is 9.90 Å². The summed E-state index contributed by atoms with van der Waals surface area (Å²) in [5, 5.41) is 10.9. The molecular weight excluding hydrogens is 418 g/mol. The van der Waals surface area contributed by atoms with Crippen LogP contribution in [0.1, 0.15) is 30.0 Å². The molecule has 0 amide bonds. The van der Waals surface area contributed by atoms with Crippen LogP contribution in [0.25, 0.3) is 10.2 Å². The van der Waals surface area contributed by atoms with Gasteiger partial charge in [0.1, 0.15) is 0 Å². The molecule has 4 rings (SSSR count). The van der Waals surface area contributed by atoms with Crippen molar-refractivity contribution in [3.05, 3.63) is 58.1 Å². The van der Waals surface area contributed by atoms with E-state index in [4.69, 9.17) is 21.7 Å². The van der Waals surface area contributed by atoms with Gasteiger partial charge in [-0.1, -0.05) is 53.6 Å². The molecule has 0 unspecified atom stereocenters. The number of piperazine rings is 1. The van der Waals surface area contributed by atoms with Crippen LogP contribution in [-0.2, 0) is 17.8 Å². The van der Waals surface area contributed by atoms with E-state index in [-0.39, 0.29) is 6.42 Å². The summed E-state index contributed by atoms with van der Waals surface area (Å²) in [5.74, 6) is -0.789. The van der Waals surface area contributed by atoms with Gasteiger partial charge >= 0.3 is 5.97 Å². The third-order valence-corrected chi connectivity index (χ3v) is 6.87. The molecule has 0 radical (unpaired) electrons. The Labute approximate surface area is 185 Å². The lowest BCUT2D eigenvalue weighted by Gasteiger charge is -2.41. The predicted molar refractivity (Wildman–Crippen MR) is 124 cm³/mol. The summed E-state index contributed by atoms with van der Waals surface area (Å²) < 4.78 is 1.13. The average molecular weight is 444 g/mol. The van der Waals surface area contributed by atoms with Crippen molar-refractivity contribution in [3.8, 4) is 0 Å². The van der Waals surface area contributed by atoms with Crippen LogP contribution in [0.2, 0.25) is 5.02 Å². The Morgan fingerprint density at radius 3 is 2.80 bits per heavy atom. The smallest absolute Gasteiger partial charge is 0.307 e. The zero-order valence-electron chi connectivity index (χ0n) is 17.3. The number of aliphatic carboxylic acids is 1. The minimum atomic E-state index is -0.789. The first kappa shape index (κ1) is 21.1. The maximum absolute atomic E-state index is 11.1. The lowest BCUT2D eigenvalue weighted by Crippen LogP contribution is -2.52. The molecule has 0 saturated carbocycles. The van der Waals surface area contributed by atoms with Crippen LogP contribution >= 0.6 is 22.9 Å². The van der Waals surface area contributed by atoms with E-state index >= 15 is 0 Å². The van der Waals surface area contributed by atoms with Crippen LogP contribution in [0.5, 0.6) is 0 Å². The number of carboxylic acids is 1. The van der Waals surface area contributed by atoms with E-state index in [9.17, 15) is 4.79 Å². The molecule has 0 bridgehead atoms. The number of hydrogen-bond donors (Lipinski definition) is 1. The summed E-state index contributed by atoms with van der Waals surface area (Å²) in [4.78, 5) is 20.8. The van der Waals surface area contributed by atoms with Gasteiger partial charge in [-0.15, -0.1) is 0 Å². The number of carboxylic acid groups (broad SMARTS) is 1. The van der Waals surface area contributed by atoms with E-state index < -0.39 is 5.97 Å². The fourth-order valence-corrected chi connectivity index (χ4v) is 5.59. The molecule has 3 aromatic rings. The Hall–Kier alpha value is -2.15. The van der Waals surface area contributed by atoms with E-state index in [1.807, 2.05) is 37.3 Å².